The monoisotopic (exact) mass is 286 g/mol. The highest BCUT2D eigenvalue weighted by atomic mass is 16.2. The van der Waals surface area contributed by atoms with E-state index in [1.807, 2.05) is 79.0 Å². The van der Waals surface area contributed by atoms with Gasteiger partial charge in [-0.1, -0.05) is 36.4 Å². The number of amides is 1. The minimum atomic E-state index is 0.00185. The summed E-state index contributed by atoms with van der Waals surface area (Å²) in [6, 6.07) is 21.5. The van der Waals surface area contributed by atoms with E-state index < -0.39 is 0 Å². The van der Waals surface area contributed by atoms with Crippen molar-refractivity contribution >= 4 is 28.9 Å². The summed E-state index contributed by atoms with van der Waals surface area (Å²) in [5.74, 6) is 0.00185. The number of carbonyl (C=O) groups is 1. The maximum Gasteiger partial charge on any atom is 0.263 e. The molecule has 0 unspecified atom stereocenters. The summed E-state index contributed by atoms with van der Waals surface area (Å²) in [6.07, 6.45) is 3.76. The van der Waals surface area contributed by atoms with E-state index in [4.69, 9.17) is 0 Å². The first-order chi connectivity index (χ1) is 10.8. The van der Waals surface area contributed by atoms with Crippen molar-refractivity contribution in [2.75, 3.05) is 4.90 Å². The van der Waals surface area contributed by atoms with E-state index in [-0.39, 0.29) is 5.91 Å². The summed E-state index contributed by atoms with van der Waals surface area (Å²) in [5, 5.41) is 0. The van der Waals surface area contributed by atoms with Gasteiger partial charge in [0.1, 0.15) is 0 Å². The van der Waals surface area contributed by atoms with Gasteiger partial charge in [-0.05, 0) is 36.4 Å². The van der Waals surface area contributed by atoms with Gasteiger partial charge in [-0.25, -0.2) is 0 Å². The lowest BCUT2D eigenvalue weighted by molar-refractivity contribution is -0.112. The van der Waals surface area contributed by atoms with Crippen LogP contribution in [0, 0.1) is 0 Å². The van der Waals surface area contributed by atoms with Crippen LogP contribution in [0.5, 0.6) is 0 Å². The molecule has 3 aromatic rings. The lowest BCUT2D eigenvalue weighted by atomic mass is 10.1. The van der Waals surface area contributed by atoms with Crippen molar-refractivity contribution in [3.63, 3.8) is 0 Å². The molecular weight excluding hydrogens is 272 g/mol. The van der Waals surface area contributed by atoms with Gasteiger partial charge >= 0.3 is 0 Å². The number of H-pyrrole nitrogens is 1. The molecule has 1 N–H and O–H groups in total. The molecule has 0 saturated carbocycles. The lowest BCUT2D eigenvalue weighted by Crippen LogP contribution is -2.20. The topological polar surface area (TPSA) is 36.1 Å². The van der Waals surface area contributed by atoms with E-state index >= 15 is 0 Å². The highest BCUT2D eigenvalue weighted by Crippen LogP contribution is 2.41. The molecular formula is C19H14N2O. The largest absolute Gasteiger partial charge is 0.362 e. The normalized spacial score (nSPS) is 15.4. The van der Waals surface area contributed by atoms with Gasteiger partial charge in [-0.2, -0.15) is 0 Å². The predicted molar refractivity (Wildman–Crippen MR) is 88.7 cm³/mol. The molecule has 1 amide bonds. The number of carbonyl (C=O) groups excluding carboxylic acids is 1. The quantitative estimate of drug-likeness (QED) is 0.703. The Morgan fingerprint density at radius 3 is 2.41 bits per heavy atom. The second-order valence-electron chi connectivity index (χ2n) is 5.18. The van der Waals surface area contributed by atoms with Crippen LogP contribution in [0.1, 0.15) is 11.3 Å². The molecule has 0 fully saturated rings. The van der Waals surface area contributed by atoms with Crippen LogP contribution in [-0.4, -0.2) is 10.9 Å². The van der Waals surface area contributed by atoms with Crippen molar-refractivity contribution in [2.24, 2.45) is 0 Å². The Morgan fingerprint density at radius 2 is 1.64 bits per heavy atom. The zero-order valence-corrected chi connectivity index (χ0v) is 11.9. The van der Waals surface area contributed by atoms with Gasteiger partial charge in [0.25, 0.3) is 5.91 Å². The Bertz CT molecular complexity index is 848. The molecule has 0 bridgehead atoms. The van der Waals surface area contributed by atoms with Crippen molar-refractivity contribution in [1.82, 2.24) is 4.98 Å². The number of aromatic amines is 1. The molecule has 0 radical (unpaired) electrons. The van der Waals surface area contributed by atoms with E-state index in [0.717, 1.165) is 22.6 Å². The summed E-state index contributed by atoms with van der Waals surface area (Å²) < 4.78 is 0. The van der Waals surface area contributed by atoms with Gasteiger partial charge in [-0.3, -0.25) is 9.69 Å². The molecule has 2 heterocycles. The molecule has 1 aliphatic rings. The van der Waals surface area contributed by atoms with Crippen LogP contribution in [0.25, 0.3) is 11.6 Å². The van der Waals surface area contributed by atoms with Gasteiger partial charge in [-0.15, -0.1) is 0 Å². The molecule has 0 spiro atoms. The predicted octanol–water partition coefficient (Wildman–Crippen LogP) is 4.23. The Labute approximate surface area is 128 Å². The van der Waals surface area contributed by atoms with E-state index in [1.165, 1.54) is 0 Å². The number of aromatic nitrogens is 1. The number of anilines is 2. The number of fused-ring (bicyclic) bond motifs is 1. The van der Waals surface area contributed by atoms with E-state index in [0.29, 0.717) is 5.57 Å². The second-order valence-corrected chi connectivity index (χ2v) is 5.18. The molecule has 106 valence electrons. The highest BCUT2D eigenvalue weighted by molar-refractivity contribution is 6.37. The molecule has 0 aliphatic carbocycles. The van der Waals surface area contributed by atoms with Crippen molar-refractivity contribution in [3.8, 4) is 0 Å². The van der Waals surface area contributed by atoms with Crippen molar-refractivity contribution in [2.45, 2.75) is 0 Å². The van der Waals surface area contributed by atoms with Crippen molar-refractivity contribution in [1.29, 1.82) is 0 Å². The zero-order valence-electron chi connectivity index (χ0n) is 11.9. The lowest BCUT2D eigenvalue weighted by Gasteiger charge is -2.16. The molecule has 0 saturated heterocycles. The number of rotatable bonds is 2. The van der Waals surface area contributed by atoms with Crippen LogP contribution in [-0.2, 0) is 4.79 Å². The number of benzene rings is 2. The van der Waals surface area contributed by atoms with E-state index in [2.05, 4.69) is 4.98 Å². The molecule has 1 aromatic heterocycles. The van der Waals surface area contributed by atoms with Crippen LogP contribution < -0.4 is 4.90 Å². The Morgan fingerprint density at radius 1 is 0.864 bits per heavy atom. The summed E-state index contributed by atoms with van der Waals surface area (Å²) >= 11 is 0. The van der Waals surface area contributed by atoms with Crippen LogP contribution in [0.15, 0.2) is 72.9 Å². The Hall–Kier alpha value is -3.07. The fraction of sp³-hybridized carbons (Fsp3) is 0. The third kappa shape index (κ3) is 1.95. The Kier molecular flexibility index (Phi) is 2.90. The SMILES string of the molecule is O=C1C(=Cc2ccc[nH]2)c2ccccc2N1c1ccccc1. The summed E-state index contributed by atoms with van der Waals surface area (Å²) in [6.45, 7) is 0. The first-order valence-corrected chi connectivity index (χ1v) is 7.18. The number of nitrogens with zero attached hydrogens (tertiary/aromatic N) is 1. The van der Waals surface area contributed by atoms with Crippen LogP contribution in [0.3, 0.4) is 0 Å². The zero-order chi connectivity index (χ0) is 14.9. The average Bonchev–Trinajstić information content (AvgIpc) is 3.16. The number of hydrogen-bond donors (Lipinski definition) is 1. The van der Waals surface area contributed by atoms with Crippen LogP contribution in [0.4, 0.5) is 11.4 Å². The molecule has 1 aliphatic heterocycles. The van der Waals surface area contributed by atoms with Crippen molar-refractivity contribution in [3.05, 3.63) is 84.2 Å². The second kappa shape index (κ2) is 5.04. The number of para-hydroxylation sites is 2. The van der Waals surface area contributed by atoms with Crippen LogP contribution in [0.2, 0.25) is 0 Å². The maximum absolute atomic E-state index is 12.9. The minimum absolute atomic E-state index is 0.00185. The van der Waals surface area contributed by atoms with Gasteiger partial charge in [0, 0.05) is 23.1 Å². The highest BCUT2D eigenvalue weighted by Gasteiger charge is 2.32. The average molecular weight is 286 g/mol. The first-order valence-electron chi connectivity index (χ1n) is 7.18. The molecule has 3 nitrogen and oxygen atoms in total. The fourth-order valence-corrected chi connectivity index (χ4v) is 2.80. The minimum Gasteiger partial charge on any atom is -0.362 e. The molecule has 2 aromatic carbocycles. The van der Waals surface area contributed by atoms with Gasteiger partial charge in [0.15, 0.2) is 0 Å². The number of hydrogen-bond acceptors (Lipinski definition) is 1. The molecule has 22 heavy (non-hydrogen) atoms. The maximum atomic E-state index is 12.9. The molecule has 0 atom stereocenters. The molecule has 3 heteroatoms. The van der Waals surface area contributed by atoms with Gasteiger partial charge in [0.05, 0.1) is 11.3 Å². The summed E-state index contributed by atoms with van der Waals surface area (Å²) in [5.41, 5.74) is 4.41. The Balaban J connectivity index is 1.89. The van der Waals surface area contributed by atoms with Gasteiger partial charge < -0.3 is 4.98 Å². The third-order valence-corrected chi connectivity index (χ3v) is 3.80. The van der Waals surface area contributed by atoms with Gasteiger partial charge in [0.2, 0.25) is 0 Å². The fourth-order valence-electron chi connectivity index (χ4n) is 2.80. The molecule has 4 rings (SSSR count). The van der Waals surface area contributed by atoms with Crippen LogP contribution >= 0.6 is 0 Å². The number of nitrogens with one attached hydrogen (secondary N) is 1. The van der Waals surface area contributed by atoms with E-state index in [1.54, 1.807) is 4.90 Å². The van der Waals surface area contributed by atoms with Crippen molar-refractivity contribution < 1.29 is 4.79 Å². The third-order valence-electron chi connectivity index (χ3n) is 3.80. The first kappa shape index (κ1) is 12.7. The standard InChI is InChI=1S/C19H14N2O/c22-19-17(13-14-7-6-12-20-14)16-10-4-5-11-18(16)21(19)15-8-2-1-3-9-15/h1-13,20H. The summed E-state index contributed by atoms with van der Waals surface area (Å²) in [4.78, 5) is 17.8. The van der Waals surface area contributed by atoms with E-state index in [9.17, 15) is 4.79 Å². The summed E-state index contributed by atoms with van der Waals surface area (Å²) in [7, 11) is 0. The smallest absolute Gasteiger partial charge is 0.263 e.